The maximum Gasteiger partial charge on any atom is 0.405 e. The van der Waals surface area contributed by atoms with Gasteiger partial charge in [-0.15, -0.1) is 11.3 Å². The second-order valence-corrected chi connectivity index (χ2v) is 9.40. The molecule has 1 atom stereocenters. The summed E-state index contributed by atoms with van der Waals surface area (Å²) in [5.74, 6) is -1.10. The van der Waals surface area contributed by atoms with Crippen molar-refractivity contribution in [1.29, 1.82) is 0 Å². The molecule has 3 amide bonds. The average molecular weight is 493 g/mol. The van der Waals surface area contributed by atoms with E-state index in [1.165, 1.54) is 15.9 Å². The quantitative estimate of drug-likeness (QED) is 0.455. The monoisotopic (exact) mass is 492 g/mol. The van der Waals surface area contributed by atoms with Crippen LogP contribution in [0.4, 0.5) is 18.0 Å². The lowest BCUT2D eigenvalue weighted by Crippen LogP contribution is -2.44. The second kappa shape index (κ2) is 10.2. The van der Waals surface area contributed by atoms with E-state index in [1.54, 1.807) is 5.32 Å². The number of hydrogen-bond donors (Lipinski definition) is 2. The first-order valence-corrected chi connectivity index (χ1v) is 11.8. The van der Waals surface area contributed by atoms with E-state index in [-0.39, 0.29) is 24.0 Å². The van der Waals surface area contributed by atoms with Crippen LogP contribution in [-0.4, -0.2) is 52.7 Å². The number of amides is 3. The predicted molar refractivity (Wildman–Crippen MR) is 115 cm³/mol. The van der Waals surface area contributed by atoms with Gasteiger partial charge in [-0.25, -0.2) is 9.78 Å². The van der Waals surface area contributed by atoms with Gasteiger partial charge in [-0.3, -0.25) is 19.5 Å². The van der Waals surface area contributed by atoms with Crippen molar-refractivity contribution in [1.82, 2.24) is 20.2 Å². The molecule has 0 aromatic carbocycles. The number of fused-ring (bicyclic) bond motifs is 1. The van der Waals surface area contributed by atoms with Crippen LogP contribution in [0.15, 0.2) is 9.95 Å². The Kier molecular flexibility index (Phi) is 7.83. The first-order valence-electron chi connectivity index (χ1n) is 10.0. The number of alkyl halides is 3. The third-order valence-electron chi connectivity index (χ3n) is 4.88. The molecule has 0 saturated carbocycles. The highest BCUT2D eigenvalue weighted by atomic mass is 32.2. The summed E-state index contributed by atoms with van der Waals surface area (Å²) in [6.45, 7) is 3.25. The third kappa shape index (κ3) is 6.01. The first-order chi connectivity index (χ1) is 15.1. The fourth-order valence-electron chi connectivity index (χ4n) is 3.44. The molecule has 2 aromatic heterocycles. The summed E-state index contributed by atoms with van der Waals surface area (Å²) in [5, 5.41) is 4.27. The van der Waals surface area contributed by atoms with Crippen molar-refractivity contribution < 1.29 is 27.5 Å². The summed E-state index contributed by atoms with van der Waals surface area (Å²) < 4.78 is 43.7. The minimum absolute atomic E-state index is 0.141. The molecule has 13 heteroatoms. The van der Waals surface area contributed by atoms with Gasteiger partial charge in [0.15, 0.2) is 5.16 Å². The van der Waals surface area contributed by atoms with Crippen molar-refractivity contribution in [2.45, 2.75) is 57.1 Å². The van der Waals surface area contributed by atoms with Crippen molar-refractivity contribution in [2.75, 3.05) is 18.9 Å². The van der Waals surface area contributed by atoms with E-state index in [0.29, 0.717) is 28.4 Å². The Morgan fingerprint density at radius 3 is 2.75 bits per heavy atom. The molecule has 2 aromatic rings. The van der Waals surface area contributed by atoms with Gasteiger partial charge in [-0.05, 0) is 31.7 Å². The van der Waals surface area contributed by atoms with Crippen molar-refractivity contribution in [3.05, 3.63) is 20.8 Å². The molecule has 1 unspecified atom stereocenters. The van der Waals surface area contributed by atoms with Crippen LogP contribution >= 0.6 is 23.1 Å². The highest BCUT2D eigenvalue weighted by Gasteiger charge is 2.28. The van der Waals surface area contributed by atoms with Gasteiger partial charge < -0.3 is 10.1 Å². The second-order valence-electron chi connectivity index (χ2n) is 7.25. The molecule has 8 nitrogen and oxygen atoms in total. The molecule has 32 heavy (non-hydrogen) atoms. The largest absolute Gasteiger partial charge is 0.405 e. The molecular formula is C19H23F3N4O4S2. The minimum atomic E-state index is -4.58. The van der Waals surface area contributed by atoms with E-state index in [0.717, 1.165) is 35.0 Å². The fourth-order valence-corrected chi connectivity index (χ4v) is 5.40. The smallest absolute Gasteiger partial charge is 0.376 e. The Bertz CT molecular complexity index is 1060. The van der Waals surface area contributed by atoms with E-state index in [9.17, 15) is 27.6 Å². The molecule has 1 saturated heterocycles. The number of halogens is 3. The summed E-state index contributed by atoms with van der Waals surface area (Å²) >= 11 is 2.34. The number of thioether (sulfide) groups is 1. The van der Waals surface area contributed by atoms with Crippen molar-refractivity contribution in [3.8, 4) is 0 Å². The summed E-state index contributed by atoms with van der Waals surface area (Å²) in [6.07, 6.45) is -2.34. The van der Waals surface area contributed by atoms with Gasteiger partial charge in [0, 0.05) is 11.5 Å². The topological polar surface area (TPSA) is 102 Å². The minimum Gasteiger partial charge on any atom is -0.376 e. The zero-order valence-electron chi connectivity index (χ0n) is 17.5. The van der Waals surface area contributed by atoms with Crippen LogP contribution < -0.4 is 16.2 Å². The van der Waals surface area contributed by atoms with Gasteiger partial charge in [0.25, 0.3) is 5.56 Å². The number of rotatable bonds is 7. The van der Waals surface area contributed by atoms with Crippen LogP contribution in [0.2, 0.25) is 0 Å². The molecule has 3 heterocycles. The van der Waals surface area contributed by atoms with E-state index in [1.807, 2.05) is 19.2 Å². The number of aromatic nitrogens is 2. The van der Waals surface area contributed by atoms with Crippen LogP contribution in [0.25, 0.3) is 10.2 Å². The van der Waals surface area contributed by atoms with Crippen LogP contribution in [-0.2, 0) is 22.5 Å². The lowest BCUT2D eigenvalue weighted by atomic mass is 10.1. The zero-order valence-corrected chi connectivity index (χ0v) is 19.1. The summed E-state index contributed by atoms with van der Waals surface area (Å²) in [6, 6.07) is -1.24. The van der Waals surface area contributed by atoms with E-state index < -0.39 is 24.7 Å². The number of nitrogens with one attached hydrogen (secondary N) is 2. The Balaban J connectivity index is 1.79. The first kappa shape index (κ1) is 24.5. The number of carbonyl (C=O) groups is 2. The lowest BCUT2D eigenvalue weighted by Gasteiger charge is -2.16. The van der Waals surface area contributed by atoms with Gasteiger partial charge in [0.2, 0.25) is 5.91 Å². The van der Waals surface area contributed by atoms with E-state index >= 15 is 0 Å². The molecule has 0 spiro atoms. The molecule has 1 aliphatic heterocycles. The Labute approximate surface area is 189 Å². The van der Waals surface area contributed by atoms with Crippen LogP contribution in [0.5, 0.6) is 0 Å². The van der Waals surface area contributed by atoms with E-state index in [2.05, 4.69) is 4.98 Å². The third-order valence-corrected chi connectivity index (χ3v) is 6.89. The number of urea groups is 1. The number of hydrogen-bond acceptors (Lipinski definition) is 7. The number of aryl methyl sites for hydroxylation is 2. The number of thiophene rings is 1. The number of imide groups is 1. The highest BCUT2D eigenvalue weighted by molar-refractivity contribution is 7.99. The van der Waals surface area contributed by atoms with Crippen LogP contribution in [0, 0.1) is 6.92 Å². The molecule has 0 radical (unpaired) electrons. The molecule has 0 aliphatic carbocycles. The van der Waals surface area contributed by atoms with Crippen molar-refractivity contribution in [2.24, 2.45) is 0 Å². The molecule has 3 rings (SSSR count). The van der Waals surface area contributed by atoms with Gasteiger partial charge in [-0.2, -0.15) is 13.2 Å². The molecule has 2 N–H and O–H groups in total. The van der Waals surface area contributed by atoms with Gasteiger partial charge in [0.05, 0.1) is 23.8 Å². The molecule has 1 fully saturated rings. The van der Waals surface area contributed by atoms with Crippen molar-refractivity contribution >= 4 is 45.3 Å². The normalized spacial score (nSPS) is 16.5. The van der Waals surface area contributed by atoms with E-state index in [4.69, 9.17) is 4.74 Å². The number of carbonyl (C=O) groups excluding carboxylic acids is 2. The van der Waals surface area contributed by atoms with Gasteiger partial charge >= 0.3 is 12.2 Å². The SMILES string of the molecule is CCc1c(C)sc2nc(SCC(=O)NC(=O)NCC(F)(F)F)n(CC3CCCO3)c(=O)c12. The van der Waals surface area contributed by atoms with Gasteiger partial charge in [-0.1, -0.05) is 18.7 Å². The highest BCUT2D eigenvalue weighted by Crippen LogP contribution is 2.30. The maximum atomic E-state index is 13.3. The average Bonchev–Trinajstić information content (AvgIpc) is 3.33. The summed E-state index contributed by atoms with van der Waals surface area (Å²) in [5.41, 5.74) is 0.733. The van der Waals surface area contributed by atoms with Gasteiger partial charge in [0.1, 0.15) is 11.4 Å². The number of nitrogens with zero attached hydrogens (tertiary/aromatic N) is 2. The molecule has 0 bridgehead atoms. The molecular weight excluding hydrogens is 469 g/mol. The van der Waals surface area contributed by atoms with Crippen molar-refractivity contribution in [3.63, 3.8) is 0 Å². The lowest BCUT2D eigenvalue weighted by molar-refractivity contribution is -0.124. The Morgan fingerprint density at radius 1 is 1.38 bits per heavy atom. The number of ether oxygens (including phenoxy) is 1. The van der Waals surface area contributed by atoms with Crippen LogP contribution in [0.1, 0.15) is 30.2 Å². The molecule has 1 aliphatic rings. The standard InChI is InChI=1S/C19H23F3N4O4S2/c1-3-12-10(2)32-15-14(12)16(28)26(7-11-5-4-6-30-11)18(25-15)31-8-13(27)24-17(29)23-9-19(20,21)22/h11H,3-9H2,1-2H3,(H2,23,24,27,29). The predicted octanol–water partition coefficient (Wildman–Crippen LogP) is 2.99. The summed E-state index contributed by atoms with van der Waals surface area (Å²) in [4.78, 5) is 43.0. The summed E-state index contributed by atoms with van der Waals surface area (Å²) in [7, 11) is 0. The maximum absolute atomic E-state index is 13.3. The fraction of sp³-hybridized carbons (Fsp3) is 0.579. The molecule has 176 valence electrons. The van der Waals surface area contributed by atoms with Crippen LogP contribution in [0.3, 0.4) is 0 Å². The zero-order chi connectivity index (χ0) is 23.5. The Hall–Kier alpha value is -2.12. The Morgan fingerprint density at radius 2 is 2.12 bits per heavy atom.